The molecule has 0 aromatic rings. The van der Waals surface area contributed by atoms with Crippen LogP contribution in [0, 0.1) is 11.3 Å². The van der Waals surface area contributed by atoms with Gasteiger partial charge in [-0.05, 0) is 117 Å². The molecule has 3 rings (SSSR count). The number of carbonyl (C=O) groups is 1. The van der Waals surface area contributed by atoms with Crippen LogP contribution in [-0.4, -0.2) is 53.6 Å². The molecule has 2 saturated carbocycles. The van der Waals surface area contributed by atoms with Gasteiger partial charge in [-0.15, -0.1) is 0 Å². The number of hydrogen-bond donors (Lipinski definition) is 0. The third-order valence-electron chi connectivity index (χ3n) is 11.5. The van der Waals surface area contributed by atoms with Crippen molar-refractivity contribution in [1.82, 2.24) is 0 Å². The maximum Gasteiger partial charge on any atom is 0.340 e. The van der Waals surface area contributed by atoms with Gasteiger partial charge in [0.05, 0.1) is 12.2 Å². The van der Waals surface area contributed by atoms with E-state index in [-0.39, 0.29) is 33.7 Å². The molecule has 0 aliphatic heterocycles. The van der Waals surface area contributed by atoms with Gasteiger partial charge in [0, 0.05) is 13.5 Å². The highest BCUT2D eigenvalue weighted by Gasteiger charge is 2.50. The number of rotatable bonds is 8. The molecule has 45 heavy (non-hydrogen) atoms. The van der Waals surface area contributed by atoms with Crippen LogP contribution in [0.1, 0.15) is 108 Å². The lowest BCUT2D eigenvalue weighted by Gasteiger charge is -2.45. The molecule has 0 saturated heterocycles. The summed E-state index contributed by atoms with van der Waals surface area (Å²) < 4.78 is 25.7. The van der Waals surface area contributed by atoms with Gasteiger partial charge in [0.2, 0.25) is 0 Å². The number of hydrogen-bond acceptors (Lipinski definition) is 5. The monoisotopic (exact) mass is 658 g/mol. The maximum atomic E-state index is 13.2. The van der Waals surface area contributed by atoms with E-state index < -0.39 is 28.3 Å². The molecule has 3 aliphatic carbocycles. The number of allylic oxidation sites excluding steroid dienone is 4. The summed E-state index contributed by atoms with van der Waals surface area (Å²) >= 11 is 0. The second-order valence-electron chi connectivity index (χ2n) is 18.1. The number of esters is 1. The van der Waals surface area contributed by atoms with E-state index in [2.05, 4.69) is 99.5 Å². The van der Waals surface area contributed by atoms with Crippen LogP contribution in [0.5, 0.6) is 0 Å². The molecule has 0 aromatic heterocycles. The van der Waals surface area contributed by atoms with Crippen LogP contribution >= 0.6 is 0 Å². The van der Waals surface area contributed by atoms with E-state index in [4.69, 9.17) is 18.3 Å². The van der Waals surface area contributed by atoms with E-state index in [1.54, 1.807) is 7.11 Å². The summed E-state index contributed by atoms with van der Waals surface area (Å²) in [5.74, 6) is 0.0454. The minimum absolute atomic E-state index is 0.0354. The first-order chi connectivity index (χ1) is 20.3. The molecule has 5 nitrogen and oxygen atoms in total. The second kappa shape index (κ2) is 13.3. The number of ether oxygens (including phenoxy) is 2. The summed E-state index contributed by atoms with van der Waals surface area (Å²) in [4.78, 5) is 13.2. The Morgan fingerprint density at radius 2 is 1.56 bits per heavy atom. The molecule has 1 unspecified atom stereocenters. The van der Waals surface area contributed by atoms with Crippen LogP contribution in [0.15, 0.2) is 47.1 Å². The smallest absolute Gasteiger partial charge is 0.340 e. The molecular formula is C38H66O5Si2. The Balaban J connectivity index is 1.94. The minimum Gasteiger partial charge on any atom is -0.458 e. The van der Waals surface area contributed by atoms with Crippen molar-refractivity contribution < 1.29 is 23.1 Å². The van der Waals surface area contributed by atoms with Crippen molar-refractivity contribution in [2.75, 3.05) is 7.11 Å². The fraction of sp³-hybridized carbons (Fsp3) is 0.763. The molecule has 0 amide bonds. The Hall–Kier alpha value is -1.26. The molecule has 0 heterocycles. The molecule has 7 heteroatoms. The van der Waals surface area contributed by atoms with Gasteiger partial charge in [-0.25, -0.2) is 4.79 Å². The predicted molar refractivity (Wildman–Crippen MR) is 193 cm³/mol. The predicted octanol–water partition coefficient (Wildman–Crippen LogP) is 10.5. The standard InChI is InChI=1S/C38H66O5Si2/c1-26-28(24-29(42-44(13,14)36(5,6)7)25-32(26)43-45(15,16)37(8,9)10)20-19-27-18-17-23-38(11)30(27)21-22-31(38)33(40-12)34(39)41-35(2,3)4/h19-20,22,29-30,32-33H,1,17-18,21,23-25H2,2-16H3/b27-19+,28-20-/t29-,30+,32+,33?,38+/m1/s1. The largest absolute Gasteiger partial charge is 0.458 e. The summed E-state index contributed by atoms with van der Waals surface area (Å²) in [6.45, 7) is 35.9. The van der Waals surface area contributed by atoms with Gasteiger partial charge in [-0.3, -0.25) is 0 Å². The van der Waals surface area contributed by atoms with E-state index >= 15 is 0 Å². The first kappa shape index (κ1) is 38.2. The van der Waals surface area contributed by atoms with Crippen LogP contribution in [0.4, 0.5) is 0 Å². The zero-order valence-electron chi connectivity index (χ0n) is 31.5. The number of methoxy groups -OCH3 is 1. The Morgan fingerprint density at radius 3 is 2.09 bits per heavy atom. The van der Waals surface area contributed by atoms with Crippen LogP contribution in [0.3, 0.4) is 0 Å². The summed E-state index contributed by atoms with van der Waals surface area (Å²) in [5, 5.41) is 0.258. The Bertz CT molecular complexity index is 1200. The van der Waals surface area contributed by atoms with Gasteiger partial charge in [0.1, 0.15) is 5.60 Å². The van der Waals surface area contributed by atoms with E-state index in [1.807, 2.05) is 20.8 Å². The average molecular weight is 659 g/mol. The van der Waals surface area contributed by atoms with Crippen LogP contribution < -0.4 is 0 Å². The molecule has 256 valence electrons. The van der Waals surface area contributed by atoms with Crippen LogP contribution in [0.2, 0.25) is 36.3 Å². The van der Waals surface area contributed by atoms with Crippen LogP contribution in [-0.2, 0) is 23.1 Å². The SMILES string of the molecule is C=C1/C(=C\C=C2/CCC[C@]3(C)C(C(OC)C(=O)OC(C)(C)C)=CC[C@@H]23)C[C@@H](O[Si](C)(C)C(C)(C)C)C[C@@H]1O[Si](C)(C)C(C)(C)C. The van der Waals surface area contributed by atoms with Crippen molar-refractivity contribution in [3.8, 4) is 0 Å². The van der Waals surface area contributed by atoms with Gasteiger partial charge in [-0.1, -0.05) is 78.8 Å². The molecular weight excluding hydrogens is 593 g/mol. The lowest BCUT2D eigenvalue weighted by molar-refractivity contribution is -0.165. The molecule has 0 aromatic carbocycles. The van der Waals surface area contributed by atoms with Gasteiger partial charge < -0.3 is 18.3 Å². The Morgan fingerprint density at radius 1 is 0.978 bits per heavy atom. The van der Waals surface area contributed by atoms with E-state index in [1.165, 1.54) is 11.1 Å². The summed E-state index contributed by atoms with van der Waals surface area (Å²) in [5.41, 5.74) is 4.20. The first-order valence-corrected chi connectivity index (χ1v) is 23.1. The molecule has 5 atom stereocenters. The van der Waals surface area contributed by atoms with Crippen LogP contribution in [0.25, 0.3) is 0 Å². The minimum atomic E-state index is -2.02. The van der Waals surface area contributed by atoms with Crippen molar-refractivity contribution in [1.29, 1.82) is 0 Å². The molecule has 0 spiro atoms. The normalized spacial score (nSPS) is 29.5. The first-order valence-electron chi connectivity index (χ1n) is 17.2. The van der Waals surface area contributed by atoms with Crippen molar-refractivity contribution in [2.24, 2.45) is 11.3 Å². The maximum absolute atomic E-state index is 13.2. The highest BCUT2D eigenvalue weighted by atomic mass is 28.4. The number of fused-ring (bicyclic) bond motifs is 1. The average Bonchev–Trinajstić information content (AvgIpc) is 3.20. The van der Waals surface area contributed by atoms with Crippen molar-refractivity contribution in [3.05, 3.63) is 47.1 Å². The Kier molecular flexibility index (Phi) is 11.3. The third-order valence-corrected chi connectivity index (χ3v) is 20.5. The van der Waals surface area contributed by atoms with Crippen molar-refractivity contribution >= 4 is 22.6 Å². The summed E-state index contributed by atoms with van der Waals surface area (Å²) in [7, 11) is -2.37. The van der Waals surface area contributed by atoms with Gasteiger partial charge >= 0.3 is 5.97 Å². The Labute approximate surface area is 278 Å². The van der Waals surface area contributed by atoms with Gasteiger partial charge in [-0.2, -0.15) is 0 Å². The van der Waals surface area contributed by atoms with Crippen molar-refractivity contribution in [3.63, 3.8) is 0 Å². The lowest BCUT2D eigenvalue weighted by Crippen LogP contribution is -2.49. The molecule has 0 bridgehead atoms. The molecule has 0 N–H and O–H groups in total. The topological polar surface area (TPSA) is 54.0 Å². The van der Waals surface area contributed by atoms with Crippen molar-refractivity contribution in [2.45, 2.75) is 168 Å². The highest BCUT2D eigenvalue weighted by Crippen LogP contribution is 2.56. The van der Waals surface area contributed by atoms with E-state index in [0.717, 1.165) is 49.7 Å². The number of carbonyl (C=O) groups excluding carboxylic acids is 1. The summed E-state index contributed by atoms with van der Waals surface area (Å²) in [6, 6.07) is 0. The molecule has 2 fully saturated rings. The van der Waals surface area contributed by atoms with E-state index in [0.29, 0.717) is 5.92 Å². The fourth-order valence-electron chi connectivity index (χ4n) is 6.73. The summed E-state index contributed by atoms with van der Waals surface area (Å²) in [6.07, 6.45) is 12.2. The zero-order chi connectivity index (χ0) is 34.4. The quantitative estimate of drug-likeness (QED) is 0.148. The lowest BCUT2D eigenvalue weighted by atomic mass is 9.63. The highest BCUT2D eigenvalue weighted by molar-refractivity contribution is 6.74. The second-order valence-corrected chi connectivity index (χ2v) is 27.6. The molecule has 3 aliphatic rings. The molecule has 0 radical (unpaired) electrons. The fourth-order valence-corrected chi connectivity index (χ4v) is 9.40. The van der Waals surface area contributed by atoms with Gasteiger partial charge in [0.15, 0.2) is 22.7 Å². The third kappa shape index (κ3) is 8.62. The van der Waals surface area contributed by atoms with Gasteiger partial charge in [0.25, 0.3) is 0 Å². The zero-order valence-corrected chi connectivity index (χ0v) is 33.5. The van der Waals surface area contributed by atoms with E-state index in [9.17, 15) is 4.79 Å².